The van der Waals surface area contributed by atoms with Gasteiger partial charge in [0.25, 0.3) is 0 Å². The molecule has 0 unspecified atom stereocenters. The summed E-state index contributed by atoms with van der Waals surface area (Å²) in [4.78, 5) is 14.8. The molecule has 0 aliphatic rings. The third kappa shape index (κ3) is 2.18. The van der Waals surface area contributed by atoms with Crippen LogP contribution in [0.4, 0.5) is 4.39 Å². The van der Waals surface area contributed by atoms with Gasteiger partial charge in [0.2, 0.25) is 5.88 Å². The van der Waals surface area contributed by atoms with Crippen molar-refractivity contribution in [3.8, 4) is 5.88 Å². The van der Waals surface area contributed by atoms with Crippen molar-refractivity contribution in [1.29, 1.82) is 0 Å². The van der Waals surface area contributed by atoms with Crippen LogP contribution in [0.2, 0.25) is 0 Å². The van der Waals surface area contributed by atoms with Crippen molar-refractivity contribution in [2.24, 2.45) is 0 Å². The first-order chi connectivity index (χ1) is 6.69. The smallest absolute Gasteiger partial charge is 0.341 e. The second-order valence-corrected chi connectivity index (χ2v) is 2.43. The Bertz CT molecular complexity index is 341. The fraction of sp³-hybridized carbons (Fsp3) is 0.333. The lowest BCUT2D eigenvalue weighted by Gasteiger charge is -2.04. The summed E-state index contributed by atoms with van der Waals surface area (Å²) >= 11 is 0. The van der Waals surface area contributed by atoms with Crippen LogP contribution in [-0.2, 0) is 4.74 Å². The molecule has 0 aliphatic carbocycles. The van der Waals surface area contributed by atoms with E-state index < -0.39 is 11.8 Å². The molecule has 0 N–H and O–H groups in total. The summed E-state index contributed by atoms with van der Waals surface area (Å²) in [5.41, 5.74) is -0.168. The van der Waals surface area contributed by atoms with Crippen LogP contribution >= 0.6 is 0 Å². The molecule has 1 aromatic heterocycles. The molecular weight excluding hydrogens is 189 g/mol. The number of carbonyl (C=O) groups is 1. The van der Waals surface area contributed by atoms with E-state index in [4.69, 9.17) is 4.74 Å². The minimum absolute atomic E-state index is 0.168. The van der Waals surface area contributed by atoms with Crippen LogP contribution in [0.3, 0.4) is 0 Å². The Morgan fingerprint density at radius 1 is 1.64 bits per heavy atom. The lowest BCUT2D eigenvalue weighted by Crippen LogP contribution is -2.08. The fourth-order valence-electron chi connectivity index (χ4n) is 0.896. The molecule has 0 fully saturated rings. The Labute approximate surface area is 80.7 Å². The van der Waals surface area contributed by atoms with Gasteiger partial charge < -0.3 is 9.47 Å². The number of hydrogen-bond donors (Lipinski definition) is 0. The number of nitrogens with zero attached hydrogens (tertiary/aromatic N) is 1. The van der Waals surface area contributed by atoms with E-state index in [0.717, 1.165) is 6.20 Å². The minimum atomic E-state index is -0.718. The van der Waals surface area contributed by atoms with Gasteiger partial charge in [-0.3, -0.25) is 0 Å². The number of rotatable bonds is 3. The Morgan fingerprint density at radius 2 is 2.36 bits per heavy atom. The predicted octanol–water partition coefficient (Wildman–Crippen LogP) is 1.41. The van der Waals surface area contributed by atoms with Crippen LogP contribution in [0.5, 0.6) is 5.88 Å². The molecular formula is C9H10FNO3. The molecule has 1 rings (SSSR count). The Kier molecular flexibility index (Phi) is 3.39. The van der Waals surface area contributed by atoms with Crippen molar-refractivity contribution in [2.75, 3.05) is 13.7 Å². The number of ether oxygens (including phenoxy) is 2. The number of pyridine rings is 1. The number of esters is 1. The molecule has 0 amide bonds. The molecule has 1 heterocycles. The van der Waals surface area contributed by atoms with Crippen molar-refractivity contribution in [2.45, 2.75) is 6.92 Å². The van der Waals surface area contributed by atoms with Gasteiger partial charge in [0.05, 0.1) is 19.9 Å². The van der Waals surface area contributed by atoms with Crippen LogP contribution in [-0.4, -0.2) is 24.7 Å². The van der Waals surface area contributed by atoms with Crippen LogP contribution in [0.1, 0.15) is 17.3 Å². The van der Waals surface area contributed by atoms with E-state index in [0.29, 0.717) is 0 Å². The molecule has 5 heteroatoms. The molecule has 0 aromatic carbocycles. The zero-order valence-corrected chi connectivity index (χ0v) is 7.91. The Hall–Kier alpha value is -1.65. The number of carbonyl (C=O) groups excluding carboxylic acids is 1. The number of methoxy groups -OCH3 is 1. The summed E-state index contributed by atoms with van der Waals surface area (Å²) in [6.45, 7) is 1.84. The van der Waals surface area contributed by atoms with Crippen LogP contribution in [0.15, 0.2) is 12.3 Å². The molecule has 14 heavy (non-hydrogen) atoms. The SMILES string of the molecule is CCOC(=O)c1cc(OC)ncc1F. The fourth-order valence-corrected chi connectivity index (χ4v) is 0.896. The number of aromatic nitrogens is 1. The second-order valence-electron chi connectivity index (χ2n) is 2.43. The summed E-state index contributed by atoms with van der Waals surface area (Å²) in [7, 11) is 1.38. The summed E-state index contributed by atoms with van der Waals surface area (Å²) in [6, 6.07) is 1.20. The van der Waals surface area contributed by atoms with Gasteiger partial charge in [-0.25, -0.2) is 14.2 Å². The van der Waals surface area contributed by atoms with Gasteiger partial charge in [-0.15, -0.1) is 0 Å². The molecule has 0 spiro atoms. The normalized spacial score (nSPS) is 9.64. The maximum absolute atomic E-state index is 13.1. The maximum Gasteiger partial charge on any atom is 0.341 e. The summed E-state index contributed by atoms with van der Waals surface area (Å²) in [5, 5.41) is 0. The third-order valence-corrected chi connectivity index (χ3v) is 1.53. The van der Waals surface area contributed by atoms with Gasteiger partial charge in [-0.05, 0) is 6.92 Å². The molecule has 0 saturated heterocycles. The van der Waals surface area contributed by atoms with Crippen molar-refractivity contribution < 1.29 is 18.7 Å². The van der Waals surface area contributed by atoms with E-state index in [2.05, 4.69) is 9.72 Å². The van der Waals surface area contributed by atoms with Crippen molar-refractivity contribution >= 4 is 5.97 Å². The van der Waals surface area contributed by atoms with Gasteiger partial charge in [0, 0.05) is 6.07 Å². The highest BCUT2D eigenvalue weighted by molar-refractivity contribution is 5.89. The predicted molar refractivity (Wildman–Crippen MR) is 46.7 cm³/mol. The second kappa shape index (κ2) is 4.55. The average molecular weight is 199 g/mol. The molecule has 0 atom stereocenters. The Morgan fingerprint density at radius 3 is 2.93 bits per heavy atom. The highest BCUT2D eigenvalue weighted by atomic mass is 19.1. The highest BCUT2D eigenvalue weighted by Gasteiger charge is 2.14. The van der Waals surface area contributed by atoms with Crippen molar-refractivity contribution in [1.82, 2.24) is 4.98 Å². The first kappa shape index (κ1) is 10.4. The molecule has 4 nitrogen and oxygen atoms in total. The van der Waals surface area contributed by atoms with Gasteiger partial charge in [0.1, 0.15) is 5.56 Å². The zero-order valence-electron chi connectivity index (χ0n) is 7.91. The molecule has 1 aromatic rings. The van der Waals surface area contributed by atoms with E-state index in [1.54, 1.807) is 6.92 Å². The minimum Gasteiger partial charge on any atom is -0.481 e. The van der Waals surface area contributed by atoms with Crippen LogP contribution < -0.4 is 4.74 Å². The highest BCUT2D eigenvalue weighted by Crippen LogP contribution is 2.13. The topological polar surface area (TPSA) is 48.4 Å². The van der Waals surface area contributed by atoms with Crippen molar-refractivity contribution in [3.63, 3.8) is 0 Å². The summed E-state index contributed by atoms with van der Waals surface area (Å²) < 4.78 is 22.5. The molecule has 0 radical (unpaired) electrons. The third-order valence-electron chi connectivity index (χ3n) is 1.53. The standard InChI is InChI=1S/C9H10FNO3/c1-3-14-9(12)6-4-8(13-2)11-5-7(6)10/h4-5H,3H2,1-2H3. The molecule has 76 valence electrons. The van der Waals surface area contributed by atoms with Crippen molar-refractivity contribution in [3.05, 3.63) is 23.6 Å². The van der Waals surface area contributed by atoms with Gasteiger partial charge in [-0.1, -0.05) is 0 Å². The van der Waals surface area contributed by atoms with E-state index in [1.165, 1.54) is 13.2 Å². The summed E-state index contributed by atoms with van der Waals surface area (Å²) in [5.74, 6) is -1.26. The first-order valence-corrected chi connectivity index (χ1v) is 4.05. The lowest BCUT2D eigenvalue weighted by molar-refractivity contribution is 0.0520. The zero-order chi connectivity index (χ0) is 10.6. The van der Waals surface area contributed by atoms with E-state index >= 15 is 0 Å². The summed E-state index contributed by atoms with van der Waals surface area (Å²) in [6.07, 6.45) is 0.922. The van der Waals surface area contributed by atoms with Crippen LogP contribution in [0, 0.1) is 5.82 Å². The van der Waals surface area contributed by atoms with Gasteiger partial charge in [0.15, 0.2) is 5.82 Å². The number of hydrogen-bond acceptors (Lipinski definition) is 4. The number of halogens is 1. The monoisotopic (exact) mass is 199 g/mol. The molecule has 0 bridgehead atoms. The molecule has 0 aliphatic heterocycles. The van der Waals surface area contributed by atoms with Gasteiger partial charge in [-0.2, -0.15) is 0 Å². The lowest BCUT2D eigenvalue weighted by atomic mass is 10.2. The maximum atomic E-state index is 13.1. The first-order valence-electron chi connectivity index (χ1n) is 4.05. The molecule has 0 saturated carbocycles. The largest absolute Gasteiger partial charge is 0.481 e. The average Bonchev–Trinajstić information content (AvgIpc) is 2.19. The van der Waals surface area contributed by atoms with E-state index in [-0.39, 0.29) is 18.1 Å². The van der Waals surface area contributed by atoms with Gasteiger partial charge >= 0.3 is 5.97 Å². The Balaban J connectivity index is 2.99. The van der Waals surface area contributed by atoms with Crippen LogP contribution in [0.25, 0.3) is 0 Å². The van der Waals surface area contributed by atoms with E-state index in [1.807, 2.05) is 0 Å². The van der Waals surface area contributed by atoms with E-state index in [9.17, 15) is 9.18 Å². The quantitative estimate of drug-likeness (QED) is 0.690.